The molecule has 1 heterocycles. The van der Waals surface area contributed by atoms with Crippen molar-refractivity contribution in [2.75, 3.05) is 11.9 Å². The van der Waals surface area contributed by atoms with Gasteiger partial charge in [0.05, 0.1) is 18.8 Å². The molecule has 0 fully saturated rings. The maximum absolute atomic E-state index is 14.4. The van der Waals surface area contributed by atoms with E-state index >= 15 is 0 Å². The first kappa shape index (κ1) is 23.4. The number of nitrogens with one attached hydrogen (secondary N) is 1. The topological polar surface area (TPSA) is 53.9 Å². The fourth-order valence-corrected chi connectivity index (χ4v) is 3.90. The van der Waals surface area contributed by atoms with Crippen LogP contribution in [0.5, 0.6) is 0 Å². The Morgan fingerprint density at radius 2 is 1.76 bits per heavy atom. The minimum atomic E-state index is -0.750. The van der Waals surface area contributed by atoms with Crippen molar-refractivity contribution >= 4 is 17.4 Å². The van der Waals surface area contributed by atoms with E-state index in [0.29, 0.717) is 17.0 Å². The fourth-order valence-electron chi connectivity index (χ4n) is 3.90. The highest BCUT2D eigenvalue weighted by atomic mass is 19.1. The second-order valence-electron chi connectivity index (χ2n) is 8.26. The van der Waals surface area contributed by atoms with Crippen LogP contribution in [0.25, 0.3) is 0 Å². The standard InChI is InChI=1S/C26H24F3N3O2/c1-16-6-5-7-17(2)25(16)30-26(33)32(14-18-10-11-19(27)12-23(18)29)15-20-13-24(31-34-20)21-8-3-4-9-22(21)28/h3-12,20H,13-15H2,1-2H3,(H,30,33). The molecule has 0 saturated heterocycles. The second kappa shape index (κ2) is 9.99. The van der Waals surface area contributed by atoms with Crippen molar-refractivity contribution in [2.45, 2.75) is 32.9 Å². The van der Waals surface area contributed by atoms with Gasteiger partial charge in [-0.1, -0.05) is 47.6 Å². The Morgan fingerprint density at radius 3 is 2.47 bits per heavy atom. The highest BCUT2D eigenvalue weighted by Gasteiger charge is 2.29. The number of halogens is 3. The van der Waals surface area contributed by atoms with E-state index in [2.05, 4.69) is 10.5 Å². The molecule has 0 saturated carbocycles. The molecule has 8 heteroatoms. The van der Waals surface area contributed by atoms with Crippen LogP contribution in [0.15, 0.2) is 65.8 Å². The van der Waals surface area contributed by atoms with E-state index in [9.17, 15) is 18.0 Å². The predicted octanol–water partition coefficient (Wildman–Crippen LogP) is 5.95. The molecule has 3 aromatic carbocycles. The minimum Gasteiger partial charge on any atom is -0.390 e. The molecule has 1 aliphatic rings. The highest BCUT2D eigenvalue weighted by Crippen LogP contribution is 2.23. The number of para-hydroxylation sites is 1. The molecule has 1 aliphatic heterocycles. The van der Waals surface area contributed by atoms with Gasteiger partial charge < -0.3 is 15.1 Å². The van der Waals surface area contributed by atoms with Crippen molar-refractivity contribution in [3.63, 3.8) is 0 Å². The second-order valence-corrected chi connectivity index (χ2v) is 8.26. The number of carbonyl (C=O) groups is 1. The van der Waals surface area contributed by atoms with E-state index in [4.69, 9.17) is 4.84 Å². The number of rotatable bonds is 6. The van der Waals surface area contributed by atoms with Gasteiger partial charge in [0, 0.05) is 29.3 Å². The van der Waals surface area contributed by atoms with Crippen LogP contribution in [0.3, 0.4) is 0 Å². The molecular formula is C26H24F3N3O2. The lowest BCUT2D eigenvalue weighted by Gasteiger charge is -2.26. The molecule has 3 aromatic rings. The molecule has 4 rings (SSSR count). The highest BCUT2D eigenvalue weighted by molar-refractivity contribution is 6.01. The largest absolute Gasteiger partial charge is 0.390 e. The monoisotopic (exact) mass is 467 g/mol. The number of oxime groups is 1. The molecule has 5 nitrogen and oxygen atoms in total. The lowest BCUT2D eigenvalue weighted by Crippen LogP contribution is -2.40. The van der Waals surface area contributed by atoms with E-state index in [1.807, 2.05) is 32.0 Å². The van der Waals surface area contributed by atoms with Crippen LogP contribution in [0, 0.1) is 31.3 Å². The first-order valence-electron chi connectivity index (χ1n) is 10.9. The summed E-state index contributed by atoms with van der Waals surface area (Å²) in [6.45, 7) is 3.70. The molecule has 1 N–H and O–H groups in total. The average molecular weight is 467 g/mol. The average Bonchev–Trinajstić information content (AvgIpc) is 3.26. The Morgan fingerprint density at radius 1 is 1.03 bits per heavy atom. The molecule has 1 atom stereocenters. The molecule has 0 radical (unpaired) electrons. The van der Waals surface area contributed by atoms with Gasteiger partial charge in [-0.25, -0.2) is 18.0 Å². The quantitative estimate of drug-likeness (QED) is 0.487. The number of urea groups is 1. The third-order valence-electron chi connectivity index (χ3n) is 5.72. The van der Waals surface area contributed by atoms with Crippen LogP contribution < -0.4 is 5.32 Å². The van der Waals surface area contributed by atoms with Gasteiger partial charge in [-0.3, -0.25) is 0 Å². The van der Waals surface area contributed by atoms with Crippen molar-refractivity contribution in [3.8, 4) is 0 Å². The van der Waals surface area contributed by atoms with Crippen LogP contribution in [-0.4, -0.2) is 29.3 Å². The number of carbonyl (C=O) groups excluding carboxylic acids is 1. The SMILES string of the molecule is Cc1cccc(C)c1NC(=O)N(Cc1ccc(F)cc1F)CC1CC(c2ccccc2F)=NO1. The summed E-state index contributed by atoms with van der Waals surface area (Å²) < 4.78 is 41.9. The maximum atomic E-state index is 14.4. The summed E-state index contributed by atoms with van der Waals surface area (Å²) in [4.78, 5) is 20.1. The summed E-state index contributed by atoms with van der Waals surface area (Å²) in [7, 11) is 0. The Bertz CT molecular complexity index is 1230. The predicted molar refractivity (Wildman–Crippen MR) is 124 cm³/mol. The molecule has 0 spiro atoms. The van der Waals surface area contributed by atoms with Gasteiger partial charge in [0.2, 0.25) is 0 Å². The number of anilines is 1. The Labute approximate surface area is 195 Å². The number of amides is 2. The number of aryl methyl sites for hydroxylation is 2. The van der Waals surface area contributed by atoms with Crippen LogP contribution >= 0.6 is 0 Å². The van der Waals surface area contributed by atoms with Gasteiger partial charge in [-0.2, -0.15) is 0 Å². The third-order valence-corrected chi connectivity index (χ3v) is 5.72. The van der Waals surface area contributed by atoms with Gasteiger partial charge in [0.1, 0.15) is 17.5 Å². The van der Waals surface area contributed by atoms with E-state index in [1.54, 1.807) is 18.2 Å². The molecule has 0 aromatic heterocycles. The van der Waals surface area contributed by atoms with Crippen molar-refractivity contribution in [1.29, 1.82) is 0 Å². The minimum absolute atomic E-state index is 0.0645. The van der Waals surface area contributed by atoms with E-state index in [0.717, 1.165) is 23.3 Å². The summed E-state index contributed by atoms with van der Waals surface area (Å²) >= 11 is 0. The first-order valence-corrected chi connectivity index (χ1v) is 10.9. The van der Waals surface area contributed by atoms with Gasteiger partial charge in [0.15, 0.2) is 6.10 Å². The third kappa shape index (κ3) is 5.22. The summed E-state index contributed by atoms with van der Waals surface area (Å²) in [5.74, 6) is -1.86. The maximum Gasteiger partial charge on any atom is 0.322 e. The van der Waals surface area contributed by atoms with E-state index in [1.165, 1.54) is 17.0 Å². The summed E-state index contributed by atoms with van der Waals surface area (Å²) in [5.41, 5.74) is 3.35. The molecule has 0 aliphatic carbocycles. The lowest BCUT2D eigenvalue weighted by atomic mass is 10.0. The molecule has 34 heavy (non-hydrogen) atoms. The van der Waals surface area contributed by atoms with Crippen molar-refractivity contribution in [2.24, 2.45) is 5.16 Å². The molecular weight excluding hydrogens is 443 g/mol. The molecule has 0 bridgehead atoms. The Hall–Kier alpha value is -3.81. The van der Waals surface area contributed by atoms with Gasteiger partial charge in [0.25, 0.3) is 0 Å². The van der Waals surface area contributed by atoms with E-state index in [-0.39, 0.29) is 25.1 Å². The lowest BCUT2D eigenvalue weighted by molar-refractivity contribution is 0.0606. The Kier molecular flexibility index (Phi) is 6.86. The number of hydrogen-bond donors (Lipinski definition) is 1. The summed E-state index contributed by atoms with van der Waals surface area (Å²) in [6.07, 6.45) is -0.276. The molecule has 2 amide bonds. The van der Waals surface area contributed by atoms with Crippen molar-refractivity contribution in [1.82, 2.24) is 4.90 Å². The van der Waals surface area contributed by atoms with Crippen LogP contribution in [0.2, 0.25) is 0 Å². The fraction of sp³-hybridized carbons (Fsp3) is 0.231. The van der Waals surface area contributed by atoms with Crippen molar-refractivity contribution < 1.29 is 22.8 Å². The van der Waals surface area contributed by atoms with Crippen LogP contribution in [-0.2, 0) is 11.4 Å². The van der Waals surface area contributed by atoms with E-state index < -0.39 is 29.6 Å². The zero-order valence-electron chi connectivity index (χ0n) is 18.8. The molecule has 1 unspecified atom stereocenters. The number of nitrogens with zero attached hydrogens (tertiary/aromatic N) is 2. The number of hydrogen-bond acceptors (Lipinski definition) is 3. The van der Waals surface area contributed by atoms with Crippen LogP contribution in [0.1, 0.15) is 28.7 Å². The Balaban J connectivity index is 1.54. The zero-order chi connectivity index (χ0) is 24.2. The van der Waals surface area contributed by atoms with Crippen molar-refractivity contribution in [3.05, 3.63) is 100 Å². The smallest absolute Gasteiger partial charge is 0.322 e. The zero-order valence-corrected chi connectivity index (χ0v) is 18.8. The van der Waals surface area contributed by atoms with Crippen LogP contribution in [0.4, 0.5) is 23.7 Å². The van der Waals surface area contributed by atoms with Gasteiger partial charge in [-0.05, 0) is 37.1 Å². The van der Waals surface area contributed by atoms with Gasteiger partial charge >= 0.3 is 6.03 Å². The summed E-state index contributed by atoms with van der Waals surface area (Å²) in [5, 5.41) is 6.90. The molecule has 176 valence electrons. The van der Waals surface area contributed by atoms with Gasteiger partial charge in [-0.15, -0.1) is 0 Å². The number of benzene rings is 3. The normalized spacial score (nSPS) is 15.0. The summed E-state index contributed by atoms with van der Waals surface area (Å²) in [6, 6.07) is 14.6. The first-order chi connectivity index (χ1) is 16.3.